The second kappa shape index (κ2) is 11.8. The Morgan fingerprint density at radius 2 is 1.13 bits per heavy atom. The van der Waals surface area contributed by atoms with Gasteiger partial charge in [0.05, 0.1) is 24.5 Å². The van der Waals surface area contributed by atoms with Crippen LogP contribution in [0.5, 0.6) is 0 Å². The maximum Gasteiger partial charge on any atom is 0.384 e. The average Bonchev–Trinajstić information content (AvgIpc) is 3.42. The normalized spacial score (nSPS) is 17.6. The molecule has 4 rings (SSSR count). The molecule has 9 heteroatoms. The lowest BCUT2D eigenvalue weighted by molar-refractivity contribution is -0.541. The van der Waals surface area contributed by atoms with E-state index in [1.54, 1.807) is 0 Å². The molecule has 1 aliphatic rings. The molecule has 0 aromatic heterocycles. The van der Waals surface area contributed by atoms with Crippen molar-refractivity contribution in [3.05, 3.63) is 91.0 Å². The molecule has 0 amide bonds. The Morgan fingerprint density at radius 1 is 0.769 bits per heavy atom. The molecule has 0 saturated heterocycles. The van der Waals surface area contributed by atoms with Gasteiger partial charge in [-0.1, -0.05) is 54.6 Å². The summed E-state index contributed by atoms with van der Waals surface area (Å²) in [4.78, 5) is 0. The molecule has 0 radical (unpaired) electrons. The summed E-state index contributed by atoms with van der Waals surface area (Å²) in [5, 5.41) is 15.4. The first-order chi connectivity index (χ1) is 18.6. The molecule has 0 N–H and O–H groups in total. The van der Waals surface area contributed by atoms with Gasteiger partial charge < -0.3 is 14.2 Å². The highest BCUT2D eigenvalue weighted by Gasteiger charge is 2.75. The molecule has 0 aliphatic heterocycles. The Kier molecular flexibility index (Phi) is 9.10. The molecule has 3 aromatic carbocycles. The number of hydrogen-bond donors (Lipinski definition) is 0. The fraction of sp³-hybridized carbons (Fsp3) is 0.400. The van der Waals surface area contributed by atoms with Crippen molar-refractivity contribution in [2.24, 2.45) is 0 Å². The summed E-state index contributed by atoms with van der Waals surface area (Å²) in [5.74, 6) is 0. The van der Waals surface area contributed by atoms with Gasteiger partial charge in [0, 0.05) is 5.60 Å². The van der Waals surface area contributed by atoms with E-state index < -0.39 is 38.0 Å². The van der Waals surface area contributed by atoms with Crippen LogP contribution in [0.3, 0.4) is 0 Å². The SMILES string of the molecule is CCOP(=O)(CC([O-])(C(F)(F)F)C1([P+](c2ccccc2)(c2ccccc2)c2ccccc2)CCCC1)OCC. The molecule has 210 valence electrons. The van der Waals surface area contributed by atoms with E-state index in [9.17, 15) is 4.57 Å². The minimum absolute atomic E-state index is 0.0424. The van der Waals surface area contributed by atoms with Gasteiger partial charge in [0.25, 0.3) is 0 Å². The summed E-state index contributed by atoms with van der Waals surface area (Å²) >= 11 is 0. The Labute approximate surface area is 229 Å². The van der Waals surface area contributed by atoms with Gasteiger partial charge in [-0.15, -0.1) is 0 Å². The van der Waals surface area contributed by atoms with Crippen molar-refractivity contribution in [2.75, 3.05) is 19.4 Å². The average molecular weight is 579 g/mol. The Bertz CT molecular complexity index is 1140. The zero-order valence-corrected chi connectivity index (χ0v) is 24.1. The molecule has 39 heavy (non-hydrogen) atoms. The third-order valence-corrected chi connectivity index (χ3v) is 15.2. The van der Waals surface area contributed by atoms with E-state index in [4.69, 9.17) is 9.05 Å². The van der Waals surface area contributed by atoms with Gasteiger partial charge in [0.15, 0.2) is 0 Å². The maximum absolute atomic E-state index is 15.6. The molecule has 1 unspecified atom stereocenters. The van der Waals surface area contributed by atoms with E-state index in [2.05, 4.69) is 0 Å². The third kappa shape index (κ3) is 5.13. The molecule has 1 fully saturated rings. The van der Waals surface area contributed by atoms with Crippen LogP contribution in [0, 0.1) is 0 Å². The highest BCUT2D eigenvalue weighted by atomic mass is 31.2. The quantitative estimate of drug-likeness (QED) is 0.254. The lowest BCUT2D eigenvalue weighted by Crippen LogP contribution is -2.75. The fourth-order valence-corrected chi connectivity index (χ4v) is 14.6. The van der Waals surface area contributed by atoms with E-state index in [1.165, 1.54) is 13.8 Å². The minimum atomic E-state index is -5.23. The molecule has 1 atom stereocenters. The number of halogens is 3. The van der Waals surface area contributed by atoms with E-state index >= 15 is 18.3 Å². The highest BCUT2D eigenvalue weighted by molar-refractivity contribution is 7.97. The highest BCUT2D eigenvalue weighted by Crippen LogP contribution is 2.76. The van der Waals surface area contributed by atoms with Crippen LogP contribution in [0.1, 0.15) is 39.5 Å². The van der Waals surface area contributed by atoms with Crippen molar-refractivity contribution in [3.8, 4) is 0 Å². The maximum atomic E-state index is 15.6. The van der Waals surface area contributed by atoms with Crippen LogP contribution in [-0.2, 0) is 13.6 Å². The van der Waals surface area contributed by atoms with Crippen molar-refractivity contribution < 1.29 is 31.9 Å². The van der Waals surface area contributed by atoms with Gasteiger partial charge in [-0.25, -0.2) is 0 Å². The number of hydrogen-bond acceptors (Lipinski definition) is 4. The summed E-state index contributed by atoms with van der Waals surface area (Å²) in [6.07, 6.45) is -5.50. The molecular weight excluding hydrogens is 543 g/mol. The molecule has 3 aromatic rings. The first-order valence-electron chi connectivity index (χ1n) is 13.3. The zero-order chi connectivity index (χ0) is 28.2. The van der Waals surface area contributed by atoms with Crippen LogP contribution < -0.4 is 21.0 Å². The Balaban J connectivity index is 2.17. The van der Waals surface area contributed by atoms with E-state index in [0.717, 1.165) is 0 Å². The van der Waals surface area contributed by atoms with Crippen molar-refractivity contribution in [2.45, 2.75) is 56.5 Å². The summed E-state index contributed by atoms with van der Waals surface area (Å²) in [5.41, 5.74) is -3.62. The van der Waals surface area contributed by atoms with Crippen molar-refractivity contribution in [3.63, 3.8) is 0 Å². The van der Waals surface area contributed by atoms with Crippen LogP contribution in [0.2, 0.25) is 0 Å². The smallest absolute Gasteiger partial charge is 0.384 e. The Morgan fingerprint density at radius 3 is 1.44 bits per heavy atom. The first kappa shape index (κ1) is 30.0. The lowest BCUT2D eigenvalue weighted by Gasteiger charge is -2.59. The van der Waals surface area contributed by atoms with Gasteiger partial charge in [-0.05, 0) is 75.9 Å². The number of alkyl halides is 3. The topological polar surface area (TPSA) is 58.6 Å². The van der Waals surface area contributed by atoms with Crippen LogP contribution in [0.25, 0.3) is 0 Å². The predicted molar refractivity (Wildman–Crippen MR) is 151 cm³/mol. The summed E-state index contributed by atoms with van der Waals surface area (Å²) in [6, 6.07) is 27.4. The van der Waals surface area contributed by atoms with Crippen molar-refractivity contribution in [1.82, 2.24) is 0 Å². The molecule has 0 heterocycles. The summed E-state index contributed by atoms with van der Waals surface area (Å²) < 4.78 is 71.1. The molecule has 4 nitrogen and oxygen atoms in total. The van der Waals surface area contributed by atoms with Crippen LogP contribution in [0.4, 0.5) is 13.2 Å². The van der Waals surface area contributed by atoms with Crippen LogP contribution in [-0.4, -0.2) is 36.3 Å². The second-order valence-corrected chi connectivity index (χ2v) is 15.6. The second-order valence-electron chi connectivity index (χ2n) is 9.85. The van der Waals surface area contributed by atoms with E-state index in [1.807, 2.05) is 91.0 Å². The molecule has 0 bridgehead atoms. The molecule has 0 spiro atoms. The van der Waals surface area contributed by atoms with Gasteiger partial charge in [-0.3, -0.25) is 4.57 Å². The van der Waals surface area contributed by atoms with Gasteiger partial charge in [0.2, 0.25) is 0 Å². The monoisotopic (exact) mass is 578 g/mol. The third-order valence-electron chi connectivity index (χ3n) is 7.78. The largest absolute Gasteiger partial charge is 0.839 e. The van der Waals surface area contributed by atoms with Crippen LogP contribution >= 0.6 is 14.9 Å². The Hall–Kier alpha value is -2.01. The van der Waals surface area contributed by atoms with E-state index in [0.29, 0.717) is 28.8 Å². The minimum Gasteiger partial charge on any atom is -0.839 e. The lowest BCUT2D eigenvalue weighted by atomic mass is 9.85. The number of benzene rings is 3. The van der Waals surface area contributed by atoms with Crippen LogP contribution in [0.15, 0.2) is 91.0 Å². The van der Waals surface area contributed by atoms with Crippen molar-refractivity contribution >= 4 is 30.8 Å². The standard InChI is InChI=1S/C30H35F3O4P2/c1-3-36-38(35,37-4-2)24-29(34,30(31,32)33)28(22-14-15-23-28)39(25-16-8-5-9-17-25,26-18-10-6-11-19-26)27-20-12-7-13-21-27/h5-13,16-21H,3-4,14-15,22-24H2,1-2H3. The zero-order valence-electron chi connectivity index (χ0n) is 22.3. The van der Waals surface area contributed by atoms with Crippen molar-refractivity contribution in [1.29, 1.82) is 0 Å². The van der Waals surface area contributed by atoms with Gasteiger partial charge in [-0.2, -0.15) is 13.2 Å². The fourth-order valence-electron chi connectivity index (χ4n) is 6.41. The summed E-state index contributed by atoms with van der Waals surface area (Å²) in [7, 11) is -7.73. The summed E-state index contributed by atoms with van der Waals surface area (Å²) in [6.45, 7) is 2.81. The van der Waals surface area contributed by atoms with Gasteiger partial charge in [0.1, 0.15) is 23.2 Å². The number of rotatable bonds is 11. The molecular formula is C30H35F3O4P2. The van der Waals surface area contributed by atoms with E-state index in [-0.39, 0.29) is 26.1 Å². The predicted octanol–water partition coefficient (Wildman–Crippen LogP) is 6.22. The first-order valence-corrected chi connectivity index (χ1v) is 16.8. The molecule has 1 saturated carbocycles. The van der Waals surface area contributed by atoms with Gasteiger partial charge >= 0.3 is 13.8 Å². The molecule has 1 aliphatic carbocycles.